The van der Waals surface area contributed by atoms with Gasteiger partial charge in [-0.3, -0.25) is 4.79 Å². The smallest absolute Gasteiger partial charge is 0.240 e. The third kappa shape index (κ3) is 2.86. The van der Waals surface area contributed by atoms with Crippen molar-refractivity contribution in [1.82, 2.24) is 10.2 Å². The van der Waals surface area contributed by atoms with Crippen molar-refractivity contribution in [2.24, 2.45) is 0 Å². The molecule has 5 heteroatoms. The van der Waals surface area contributed by atoms with Crippen LogP contribution in [0.25, 0.3) is 0 Å². The van der Waals surface area contributed by atoms with Crippen LogP contribution < -0.4 is 5.32 Å². The highest BCUT2D eigenvalue weighted by molar-refractivity contribution is 7.99. The molecule has 4 nitrogen and oxygen atoms in total. The minimum atomic E-state index is 0.0223. The quantitative estimate of drug-likeness (QED) is 0.685. The molecule has 0 aromatic heterocycles. The summed E-state index contributed by atoms with van der Waals surface area (Å²) in [5.74, 6) is 2.27. The first-order valence-electron chi connectivity index (χ1n) is 5.49. The van der Waals surface area contributed by atoms with Crippen LogP contribution in [0.4, 0.5) is 0 Å². The van der Waals surface area contributed by atoms with Gasteiger partial charge in [-0.15, -0.1) is 0 Å². The molecule has 0 aliphatic carbocycles. The van der Waals surface area contributed by atoms with Gasteiger partial charge in [-0.05, 0) is 6.92 Å². The Kier molecular flexibility index (Phi) is 3.88. The van der Waals surface area contributed by atoms with Gasteiger partial charge in [0, 0.05) is 31.1 Å². The highest BCUT2D eigenvalue weighted by atomic mass is 32.2. The molecule has 2 unspecified atom stereocenters. The third-order valence-corrected chi connectivity index (χ3v) is 3.83. The van der Waals surface area contributed by atoms with E-state index in [1.807, 2.05) is 23.6 Å². The molecule has 15 heavy (non-hydrogen) atoms. The minimum Gasteiger partial charge on any atom is -0.375 e. The lowest BCUT2D eigenvalue weighted by Gasteiger charge is -2.34. The van der Waals surface area contributed by atoms with Gasteiger partial charge in [-0.25, -0.2) is 0 Å². The lowest BCUT2D eigenvalue weighted by Crippen LogP contribution is -2.54. The summed E-state index contributed by atoms with van der Waals surface area (Å²) in [6.07, 6.45) is 0.180. The van der Waals surface area contributed by atoms with Gasteiger partial charge in [0.2, 0.25) is 5.91 Å². The van der Waals surface area contributed by atoms with Crippen molar-refractivity contribution in [1.29, 1.82) is 0 Å². The minimum absolute atomic E-state index is 0.0223. The van der Waals surface area contributed by atoms with Crippen molar-refractivity contribution < 1.29 is 9.53 Å². The Hall–Kier alpha value is -0.260. The van der Waals surface area contributed by atoms with E-state index < -0.39 is 0 Å². The van der Waals surface area contributed by atoms with Crippen LogP contribution in [0.2, 0.25) is 0 Å². The molecule has 0 aromatic rings. The lowest BCUT2D eigenvalue weighted by molar-refractivity contribution is -0.139. The standard InChI is InChI=1S/C10H18N2O2S/c1-8-6-12(3-4-14-8)10(13)9-7-15-5-2-11-9/h8-9,11H,2-7H2,1H3. The van der Waals surface area contributed by atoms with E-state index in [0.717, 1.165) is 31.1 Å². The average Bonchev–Trinajstić information content (AvgIpc) is 2.29. The Morgan fingerprint density at radius 3 is 3.13 bits per heavy atom. The van der Waals surface area contributed by atoms with Gasteiger partial charge in [-0.1, -0.05) is 0 Å². The molecule has 2 heterocycles. The topological polar surface area (TPSA) is 41.6 Å². The fourth-order valence-corrected chi connectivity index (χ4v) is 2.89. The first-order valence-corrected chi connectivity index (χ1v) is 6.64. The Morgan fingerprint density at radius 1 is 1.60 bits per heavy atom. The van der Waals surface area contributed by atoms with E-state index >= 15 is 0 Å². The van der Waals surface area contributed by atoms with Crippen molar-refractivity contribution in [2.45, 2.75) is 19.1 Å². The van der Waals surface area contributed by atoms with Gasteiger partial charge in [-0.2, -0.15) is 11.8 Å². The molecular weight excluding hydrogens is 212 g/mol. The van der Waals surface area contributed by atoms with E-state index in [1.165, 1.54) is 0 Å². The fraction of sp³-hybridized carbons (Fsp3) is 0.900. The molecule has 2 aliphatic heterocycles. The maximum Gasteiger partial charge on any atom is 0.240 e. The normalized spacial score (nSPS) is 32.7. The van der Waals surface area contributed by atoms with E-state index in [9.17, 15) is 4.79 Å². The number of amides is 1. The molecule has 86 valence electrons. The van der Waals surface area contributed by atoms with Crippen molar-refractivity contribution in [3.05, 3.63) is 0 Å². The maximum atomic E-state index is 12.1. The molecule has 1 amide bonds. The highest BCUT2D eigenvalue weighted by Crippen LogP contribution is 2.12. The lowest BCUT2D eigenvalue weighted by atomic mass is 10.2. The molecule has 2 saturated heterocycles. The molecule has 2 atom stereocenters. The molecule has 0 spiro atoms. The van der Waals surface area contributed by atoms with E-state index in [-0.39, 0.29) is 18.1 Å². The number of rotatable bonds is 1. The van der Waals surface area contributed by atoms with Crippen molar-refractivity contribution >= 4 is 17.7 Å². The molecular formula is C10H18N2O2S. The number of nitrogens with one attached hydrogen (secondary N) is 1. The third-order valence-electron chi connectivity index (χ3n) is 2.77. The summed E-state index contributed by atoms with van der Waals surface area (Å²) in [5.41, 5.74) is 0. The number of nitrogens with zero attached hydrogens (tertiary/aromatic N) is 1. The predicted octanol–water partition coefficient (Wildman–Crippen LogP) is -0.0613. The SMILES string of the molecule is CC1CN(C(=O)C2CSCCN2)CCO1. The van der Waals surface area contributed by atoms with Gasteiger partial charge in [0.15, 0.2) is 0 Å². The van der Waals surface area contributed by atoms with Crippen molar-refractivity contribution in [3.8, 4) is 0 Å². The number of ether oxygens (including phenoxy) is 1. The van der Waals surface area contributed by atoms with Crippen LogP contribution >= 0.6 is 11.8 Å². The van der Waals surface area contributed by atoms with Crippen LogP contribution in [-0.4, -0.2) is 60.7 Å². The summed E-state index contributed by atoms with van der Waals surface area (Å²) in [7, 11) is 0. The van der Waals surface area contributed by atoms with Crippen LogP contribution in [0.1, 0.15) is 6.92 Å². The molecule has 2 aliphatic rings. The van der Waals surface area contributed by atoms with Gasteiger partial charge in [0.25, 0.3) is 0 Å². The summed E-state index contributed by atoms with van der Waals surface area (Å²) < 4.78 is 5.43. The summed E-state index contributed by atoms with van der Waals surface area (Å²) in [6.45, 7) is 5.12. The first kappa shape index (κ1) is 11.2. The Labute approximate surface area is 94.7 Å². The number of hydrogen-bond acceptors (Lipinski definition) is 4. The number of carbonyl (C=O) groups is 1. The second-order valence-corrected chi connectivity index (χ2v) is 5.20. The zero-order valence-corrected chi connectivity index (χ0v) is 9.89. The molecule has 0 bridgehead atoms. The van der Waals surface area contributed by atoms with E-state index in [2.05, 4.69) is 5.32 Å². The van der Waals surface area contributed by atoms with Crippen LogP contribution in [0, 0.1) is 0 Å². The molecule has 2 fully saturated rings. The number of hydrogen-bond donors (Lipinski definition) is 1. The van der Waals surface area contributed by atoms with E-state index in [1.54, 1.807) is 0 Å². The second-order valence-electron chi connectivity index (χ2n) is 4.05. The van der Waals surface area contributed by atoms with Crippen molar-refractivity contribution in [2.75, 3.05) is 37.7 Å². The summed E-state index contributed by atoms with van der Waals surface area (Å²) in [6, 6.07) is 0.0223. The average molecular weight is 230 g/mol. The van der Waals surface area contributed by atoms with Gasteiger partial charge in [0.1, 0.15) is 0 Å². The number of carbonyl (C=O) groups excluding carboxylic acids is 1. The highest BCUT2D eigenvalue weighted by Gasteiger charge is 2.28. The zero-order chi connectivity index (χ0) is 10.7. The predicted molar refractivity (Wildman–Crippen MR) is 61.1 cm³/mol. The summed E-state index contributed by atoms with van der Waals surface area (Å²) >= 11 is 1.85. The second kappa shape index (κ2) is 5.18. The first-order chi connectivity index (χ1) is 7.27. The largest absolute Gasteiger partial charge is 0.375 e. The molecule has 2 rings (SSSR count). The zero-order valence-electron chi connectivity index (χ0n) is 9.07. The molecule has 0 saturated carbocycles. The maximum absolute atomic E-state index is 12.1. The summed E-state index contributed by atoms with van der Waals surface area (Å²) in [5, 5.41) is 3.28. The Morgan fingerprint density at radius 2 is 2.47 bits per heavy atom. The number of morpholine rings is 1. The van der Waals surface area contributed by atoms with Gasteiger partial charge in [0.05, 0.1) is 18.8 Å². The van der Waals surface area contributed by atoms with Crippen LogP contribution in [0.15, 0.2) is 0 Å². The van der Waals surface area contributed by atoms with Gasteiger partial charge < -0.3 is 15.0 Å². The molecule has 0 aromatic carbocycles. The number of thioether (sulfide) groups is 1. The van der Waals surface area contributed by atoms with E-state index in [4.69, 9.17) is 4.74 Å². The Balaban J connectivity index is 1.88. The van der Waals surface area contributed by atoms with Crippen LogP contribution in [-0.2, 0) is 9.53 Å². The van der Waals surface area contributed by atoms with Crippen LogP contribution in [0.5, 0.6) is 0 Å². The molecule has 1 N–H and O–H groups in total. The summed E-state index contributed by atoms with van der Waals surface area (Å²) in [4.78, 5) is 14.0. The Bertz CT molecular complexity index is 231. The fourth-order valence-electron chi connectivity index (χ4n) is 1.96. The van der Waals surface area contributed by atoms with Gasteiger partial charge >= 0.3 is 0 Å². The monoisotopic (exact) mass is 230 g/mol. The van der Waals surface area contributed by atoms with E-state index in [0.29, 0.717) is 6.61 Å². The van der Waals surface area contributed by atoms with Crippen LogP contribution in [0.3, 0.4) is 0 Å². The molecule has 0 radical (unpaired) electrons. The van der Waals surface area contributed by atoms with Crippen molar-refractivity contribution in [3.63, 3.8) is 0 Å².